The number of rotatable bonds is 5. The van der Waals surface area contributed by atoms with Crippen molar-refractivity contribution in [2.24, 2.45) is 0 Å². The summed E-state index contributed by atoms with van der Waals surface area (Å²) in [6.07, 6.45) is 1.56. The van der Waals surface area contributed by atoms with Crippen LogP contribution in [0.25, 0.3) is 0 Å². The summed E-state index contributed by atoms with van der Waals surface area (Å²) in [6, 6.07) is 8.85. The summed E-state index contributed by atoms with van der Waals surface area (Å²) in [5.74, 6) is -1.56. The smallest absolute Gasteiger partial charge is 0.325 e. The number of hydrogen-bond donors (Lipinski definition) is 2. The van der Waals surface area contributed by atoms with E-state index < -0.39 is 11.9 Å². The van der Waals surface area contributed by atoms with E-state index in [4.69, 9.17) is 10.4 Å². The molecule has 106 valence electrons. The van der Waals surface area contributed by atoms with Crippen molar-refractivity contribution in [3.63, 3.8) is 0 Å². The fraction of sp³-hybridized carbons (Fsp3) is 0.154. The Morgan fingerprint density at radius 2 is 2.05 bits per heavy atom. The molecule has 0 bridgehead atoms. The molecule has 0 saturated heterocycles. The molecule has 1 amide bonds. The van der Waals surface area contributed by atoms with Gasteiger partial charge >= 0.3 is 5.97 Å². The lowest BCUT2D eigenvalue weighted by Gasteiger charge is -2.03. The van der Waals surface area contributed by atoms with E-state index in [1.807, 2.05) is 6.07 Å². The van der Waals surface area contributed by atoms with Crippen molar-refractivity contribution >= 4 is 17.6 Å². The maximum atomic E-state index is 11.9. The number of aromatic nitrogens is 3. The third-order valence-corrected chi connectivity index (χ3v) is 2.56. The molecule has 0 atom stereocenters. The van der Waals surface area contributed by atoms with E-state index in [-0.39, 0.29) is 12.2 Å². The first-order valence-electron chi connectivity index (χ1n) is 5.97. The van der Waals surface area contributed by atoms with Gasteiger partial charge in [0.05, 0.1) is 18.7 Å². The summed E-state index contributed by atoms with van der Waals surface area (Å²) in [7, 11) is 0. The maximum Gasteiger partial charge on any atom is 0.325 e. The van der Waals surface area contributed by atoms with Crippen molar-refractivity contribution in [2.45, 2.75) is 13.0 Å². The molecule has 2 aromatic rings. The Hall–Kier alpha value is -3.21. The molecule has 0 aliphatic carbocycles. The van der Waals surface area contributed by atoms with Crippen LogP contribution in [0.2, 0.25) is 0 Å². The fourth-order valence-corrected chi connectivity index (χ4v) is 1.61. The van der Waals surface area contributed by atoms with Gasteiger partial charge in [0, 0.05) is 5.69 Å². The van der Waals surface area contributed by atoms with E-state index in [9.17, 15) is 9.59 Å². The van der Waals surface area contributed by atoms with Crippen LogP contribution in [-0.2, 0) is 17.8 Å². The van der Waals surface area contributed by atoms with Crippen molar-refractivity contribution in [3.8, 4) is 6.07 Å². The highest BCUT2D eigenvalue weighted by atomic mass is 16.4. The summed E-state index contributed by atoms with van der Waals surface area (Å²) in [4.78, 5) is 22.4. The van der Waals surface area contributed by atoms with Crippen LogP contribution in [0.4, 0.5) is 5.69 Å². The van der Waals surface area contributed by atoms with Crippen LogP contribution in [0.3, 0.4) is 0 Å². The molecule has 8 heteroatoms. The molecular formula is C13H11N5O3. The van der Waals surface area contributed by atoms with Crippen LogP contribution in [0.1, 0.15) is 16.1 Å². The molecule has 2 N–H and O–H groups in total. The normalized spacial score (nSPS) is 9.86. The molecule has 1 aromatic heterocycles. The van der Waals surface area contributed by atoms with Gasteiger partial charge in [0.25, 0.3) is 5.91 Å². The van der Waals surface area contributed by atoms with Crippen molar-refractivity contribution in [3.05, 3.63) is 41.7 Å². The number of carbonyl (C=O) groups excluding carboxylic acids is 1. The number of hydrogen-bond acceptors (Lipinski definition) is 5. The van der Waals surface area contributed by atoms with Gasteiger partial charge in [-0.15, -0.1) is 5.10 Å². The summed E-state index contributed by atoms with van der Waals surface area (Å²) < 4.78 is 1.06. The first kappa shape index (κ1) is 14.2. The molecule has 0 fully saturated rings. The first-order chi connectivity index (χ1) is 10.1. The quantitative estimate of drug-likeness (QED) is 0.833. The molecule has 0 aliphatic heterocycles. The number of aliphatic carboxylic acids is 1. The van der Waals surface area contributed by atoms with E-state index in [1.54, 1.807) is 24.3 Å². The minimum Gasteiger partial charge on any atom is -0.480 e. The molecule has 0 radical (unpaired) electrons. The Kier molecular flexibility index (Phi) is 4.26. The lowest BCUT2D eigenvalue weighted by Crippen LogP contribution is -2.12. The minimum absolute atomic E-state index is 0.0253. The summed E-state index contributed by atoms with van der Waals surface area (Å²) in [6.45, 7) is -0.358. The van der Waals surface area contributed by atoms with Crippen LogP contribution in [0, 0.1) is 11.3 Å². The summed E-state index contributed by atoms with van der Waals surface area (Å²) >= 11 is 0. The van der Waals surface area contributed by atoms with Gasteiger partial charge in [-0.25, -0.2) is 4.68 Å². The number of nitrogens with one attached hydrogen (secondary N) is 1. The highest BCUT2D eigenvalue weighted by molar-refractivity contribution is 6.02. The van der Waals surface area contributed by atoms with Gasteiger partial charge in [0.1, 0.15) is 6.54 Å². The van der Waals surface area contributed by atoms with Crippen molar-refractivity contribution in [2.75, 3.05) is 5.32 Å². The van der Waals surface area contributed by atoms with Gasteiger partial charge in [0.15, 0.2) is 5.69 Å². The van der Waals surface area contributed by atoms with Gasteiger partial charge in [-0.2, -0.15) is 5.26 Å². The van der Waals surface area contributed by atoms with E-state index in [0.717, 1.165) is 10.2 Å². The van der Waals surface area contributed by atoms with Gasteiger partial charge in [0.2, 0.25) is 0 Å². The number of anilines is 1. The molecular weight excluding hydrogens is 274 g/mol. The van der Waals surface area contributed by atoms with Crippen LogP contribution in [-0.4, -0.2) is 32.0 Å². The van der Waals surface area contributed by atoms with Gasteiger partial charge in [-0.05, 0) is 17.7 Å². The van der Waals surface area contributed by atoms with Gasteiger partial charge < -0.3 is 10.4 Å². The van der Waals surface area contributed by atoms with Crippen molar-refractivity contribution < 1.29 is 14.7 Å². The summed E-state index contributed by atoms with van der Waals surface area (Å²) in [5.41, 5.74) is 1.43. The number of nitrogens with zero attached hydrogens (tertiary/aromatic N) is 4. The largest absolute Gasteiger partial charge is 0.480 e. The Morgan fingerprint density at radius 3 is 2.67 bits per heavy atom. The first-order valence-corrected chi connectivity index (χ1v) is 5.97. The Balaban J connectivity index is 2.02. The second-order valence-corrected chi connectivity index (χ2v) is 4.18. The number of carbonyl (C=O) groups is 2. The van der Waals surface area contributed by atoms with Gasteiger partial charge in [-0.3, -0.25) is 9.59 Å². The van der Waals surface area contributed by atoms with Crippen LogP contribution >= 0.6 is 0 Å². The molecule has 0 spiro atoms. The lowest BCUT2D eigenvalue weighted by atomic mass is 10.1. The molecule has 21 heavy (non-hydrogen) atoms. The fourth-order valence-electron chi connectivity index (χ4n) is 1.61. The van der Waals surface area contributed by atoms with Gasteiger partial charge in [-0.1, -0.05) is 17.3 Å². The predicted molar refractivity (Wildman–Crippen MR) is 71.4 cm³/mol. The average molecular weight is 285 g/mol. The zero-order valence-corrected chi connectivity index (χ0v) is 10.9. The van der Waals surface area contributed by atoms with E-state index >= 15 is 0 Å². The Bertz CT molecular complexity index is 699. The number of carboxylic acid groups (broad SMARTS) is 1. The van der Waals surface area contributed by atoms with Crippen LogP contribution in [0.5, 0.6) is 0 Å². The molecule has 2 rings (SSSR count). The number of carboxylic acids is 1. The molecule has 1 heterocycles. The Labute approximate surface area is 119 Å². The number of benzene rings is 1. The third-order valence-electron chi connectivity index (χ3n) is 2.56. The molecule has 0 aliphatic rings. The van der Waals surface area contributed by atoms with Crippen molar-refractivity contribution in [1.82, 2.24) is 15.0 Å². The average Bonchev–Trinajstić information content (AvgIpc) is 2.89. The maximum absolute atomic E-state index is 11.9. The van der Waals surface area contributed by atoms with Crippen LogP contribution in [0.15, 0.2) is 30.5 Å². The van der Waals surface area contributed by atoms with E-state index in [0.29, 0.717) is 12.1 Å². The van der Waals surface area contributed by atoms with Crippen molar-refractivity contribution in [1.29, 1.82) is 5.26 Å². The SMILES string of the molecule is N#CCc1ccc(NC(=O)c2cn(CC(=O)O)nn2)cc1. The number of amides is 1. The monoisotopic (exact) mass is 285 g/mol. The molecule has 8 nitrogen and oxygen atoms in total. The minimum atomic E-state index is -1.07. The van der Waals surface area contributed by atoms with Crippen LogP contribution < -0.4 is 5.32 Å². The zero-order chi connectivity index (χ0) is 15.2. The molecule has 0 unspecified atom stereocenters. The second-order valence-electron chi connectivity index (χ2n) is 4.18. The predicted octanol–water partition coefficient (Wildman–Crippen LogP) is 0.681. The Morgan fingerprint density at radius 1 is 1.33 bits per heavy atom. The zero-order valence-electron chi connectivity index (χ0n) is 10.9. The number of nitriles is 1. The second kappa shape index (κ2) is 6.29. The topological polar surface area (TPSA) is 121 Å². The standard InChI is InChI=1S/C13H11N5O3/c14-6-5-9-1-3-10(4-2-9)15-13(21)11-7-18(17-16-11)8-12(19)20/h1-4,7H,5,8H2,(H,15,21)(H,19,20). The third kappa shape index (κ3) is 3.87. The van der Waals surface area contributed by atoms with E-state index in [2.05, 4.69) is 15.6 Å². The highest BCUT2D eigenvalue weighted by Crippen LogP contribution is 2.11. The molecule has 1 aromatic carbocycles. The lowest BCUT2D eigenvalue weighted by molar-refractivity contribution is -0.137. The molecule has 0 saturated carbocycles. The van der Waals surface area contributed by atoms with E-state index in [1.165, 1.54) is 6.20 Å². The highest BCUT2D eigenvalue weighted by Gasteiger charge is 2.12. The summed E-state index contributed by atoms with van der Waals surface area (Å²) in [5, 5.41) is 26.9.